The summed E-state index contributed by atoms with van der Waals surface area (Å²) in [5.41, 5.74) is 0.283. The molecule has 0 heterocycles. The Morgan fingerprint density at radius 2 is 1.20 bits per heavy atom. The standard InChI is InChI=1S/2C8H19N2.2ClH.Li.2Ni/c2*1-8(2,3)9-6-7-10(4)5;;;;;/h2*6-7H2,1-5H3;2*1H;;;/q2*-1;;;+1;2*+2/p-1. The summed E-state index contributed by atoms with van der Waals surface area (Å²) in [5, 5.41) is 8.93. The molecule has 25 heavy (non-hydrogen) atoms. The van der Waals surface area contributed by atoms with Crippen LogP contribution in [-0.4, -0.2) is 70.3 Å². The third-order valence-corrected chi connectivity index (χ3v) is 2.33. The smallest absolute Gasteiger partial charge is 1.00 e. The van der Waals surface area contributed by atoms with Crippen LogP contribution in [0.5, 0.6) is 0 Å². The zero-order chi connectivity index (χ0) is 19.1. The van der Waals surface area contributed by atoms with E-state index in [-0.39, 0.29) is 46.4 Å². The van der Waals surface area contributed by atoms with Gasteiger partial charge in [0.05, 0.1) is 20.6 Å². The van der Waals surface area contributed by atoms with Crippen LogP contribution in [-0.2, 0) is 29.1 Å². The molecule has 0 aromatic rings. The van der Waals surface area contributed by atoms with Crippen molar-refractivity contribution in [2.75, 3.05) is 54.4 Å². The van der Waals surface area contributed by atoms with Gasteiger partial charge in [0.25, 0.3) is 0 Å². The fourth-order valence-electron chi connectivity index (χ4n) is 1.20. The number of quaternary nitrogens is 1. The SMILES string of the molecule is CN(C)CC[N-]C(C)(C)C.C[NH+](C)CC[N-]C(C)(C)C.[Cl][Ni][Cl].[Li+].[Ni+2]. The number of hydrogen-bond acceptors (Lipinski definition) is 1. The van der Waals surface area contributed by atoms with Crippen molar-refractivity contribution in [3.8, 4) is 0 Å². The molecule has 0 fully saturated rings. The predicted molar refractivity (Wildman–Crippen MR) is 104 cm³/mol. The van der Waals surface area contributed by atoms with Gasteiger partial charge >= 0.3 is 68.4 Å². The van der Waals surface area contributed by atoms with Gasteiger partial charge < -0.3 is 20.4 Å². The minimum absolute atomic E-state index is 0. The van der Waals surface area contributed by atoms with Crippen molar-refractivity contribution in [2.45, 2.75) is 52.6 Å². The summed E-state index contributed by atoms with van der Waals surface area (Å²) in [5.74, 6) is 0. The maximum Gasteiger partial charge on any atom is 2.00 e. The van der Waals surface area contributed by atoms with Gasteiger partial charge in [-0.15, -0.1) is 17.6 Å². The third-order valence-electron chi connectivity index (χ3n) is 2.33. The molecule has 0 unspecified atom stereocenters. The van der Waals surface area contributed by atoms with Crippen LogP contribution in [0.1, 0.15) is 41.5 Å². The maximum absolute atomic E-state index is 4.70. The van der Waals surface area contributed by atoms with Gasteiger partial charge in [-0.25, -0.2) is 0 Å². The molecule has 0 rings (SSSR count). The summed E-state index contributed by atoms with van der Waals surface area (Å²) >= 11 is 0.569. The van der Waals surface area contributed by atoms with E-state index in [1.807, 2.05) is 0 Å². The van der Waals surface area contributed by atoms with Crippen LogP contribution in [0.25, 0.3) is 10.6 Å². The molecule has 0 radical (unpaired) electrons. The Morgan fingerprint density at radius 1 is 0.880 bits per heavy atom. The van der Waals surface area contributed by atoms with E-state index in [0.717, 1.165) is 26.2 Å². The van der Waals surface area contributed by atoms with Gasteiger partial charge in [0, 0.05) is 0 Å². The number of nitrogens with one attached hydrogen (secondary N) is 1. The fourth-order valence-corrected chi connectivity index (χ4v) is 1.20. The van der Waals surface area contributed by atoms with E-state index in [1.54, 1.807) is 0 Å². The van der Waals surface area contributed by atoms with E-state index < -0.39 is 0 Å². The van der Waals surface area contributed by atoms with Crippen LogP contribution in [0.4, 0.5) is 0 Å². The topological polar surface area (TPSA) is 35.9 Å². The Hall–Kier alpha value is 2.00. The first-order chi connectivity index (χ1) is 10.2. The zero-order valence-corrected chi connectivity index (χ0v) is 21.5. The van der Waals surface area contributed by atoms with Crippen molar-refractivity contribution >= 4 is 20.4 Å². The quantitative estimate of drug-likeness (QED) is 0.547. The Labute approximate surface area is 194 Å². The molecule has 0 amide bonds. The first kappa shape index (κ1) is 37.7. The van der Waals surface area contributed by atoms with Crippen LogP contribution in [0.3, 0.4) is 0 Å². The Morgan fingerprint density at radius 3 is 1.44 bits per heavy atom. The normalized spacial score (nSPS) is 11.0. The average molecular weight is 483 g/mol. The van der Waals surface area contributed by atoms with E-state index in [4.69, 9.17) is 20.4 Å². The molecular weight excluding hydrogens is 443 g/mol. The Balaban J connectivity index is -0.0000000861. The molecular formula is C16H39Cl2LiN4Ni2+2. The second-order valence-electron chi connectivity index (χ2n) is 7.91. The van der Waals surface area contributed by atoms with Crippen LogP contribution in [0, 0.1) is 0 Å². The third kappa shape index (κ3) is 58.5. The molecule has 0 aromatic heterocycles. The molecule has 0 saturated heterocycles. The molecule has 9 heteroatoms. The molecule has 0 saturated carbocycles. The van der Waals surface area contributed by atoms with E-state index in [1.165, 1.54) is 4.90 Å². The number of nitrogens with zero attached hydrogens (tertiary/aromatic N) is 3. The number of likely N-dealkylation sites (N-methyl/N-ethyl adjacent to an activating group) is 2. The van der Waals surface area contributed by atoms with E-state index in [2.05, 4.69) is 85.3 Å². The molecule has 4 nitrogen and oxygen atoms in total. The van der Waals surface area contributed by atoms with Crippen molar-refractivity contribution in [1.29, 1.82) is 0 Å². The van der Waals surface area contributed by atoms with Gasteiger partial charge in [0.15, 0.2) is 0 Å². The Kier molecular flexibility index (Phi) is 33.6. The van der Waals surface area contributed by atoms with E-state index >= 15 is 0 Å². The Bertz CT molecular complexity index is 225. The summed E-state index contributed by atoms with van der Waals surface area (Å²) in [6.45, 7) is 16.9. The molecule has 0 aliphatic carbocycles. The number of hydrogen-bond donors (Lipinski definition) is 1. The van der Waals surface area contributed by atoms with Crippen molar-refractivity contribution in [3.63, 3.8) is 0 Å². The molecule has 0 aliphatic rings. The van der Waals surface area contributed by atoms with E-state index in [0.29, 0.717) is 12.7 Å². The number of halogens is 2. The maximum atomic E-state index is 4.70. The first-order valence-electron chi connectivity index (χ1n) is 7.88. The van der Waals surface area contributed by atoms with Crippen LogP contribution < -0.4 is 23.8 Å². The molecule has 0 bridgehead atoms. The van der Waals surface area contributed by atoms with Crippen LogP contribution in [0.15, 0.2) is 0 Å². The van der Waals surface area contributed by atoms with Crippen molar-refractivity contribution in [3.05, 3.63) is 10.6 Å². The second-order valence-corrected chi connectivity index (χ2v) is 9.54. The fraction of sp³-hybridized carbons (Fsp3) is 1.00. The molecule has 0 atom stereocenters. The van der Waals surface area contributed by atoms with Crippen molar-refractivity contribution in [2.24, 2.45) is 0 Å². The molecule has 0 aliphatic heterocycles. The van der Waals surface area contributed by atoms with Gasteiger partial charge in [-0.3, -0.25) is 0 Å². The van der Waals surface area contributed by atoms with Crippen molar-refractivity contribution < 1.29 is 52.9 Å². The first-order valence-corrected chi connectivity index (χ1v) is 10.6. The van der Waals surface area contributed by atoms with Gasteiger partial charge in [-0.2, -0.15) is 0 Å². The summed E-state index contributed by atoms with van der Waals surface area (Å²) in [6, 6.07) is 0. The van der Waals surface area contributed by atoms with Gasteiger partial charge in [-0.05, 0) is 20.6 Å². The van der Waals surface area contributed by atoms with Gasteiger partial charge in [0.1, 0.15) is 0 Å². The van der Waals surface area contributed by atoms with Crippen molar-refractivity contribution in [1.82, 2.24) is 4.90 Å². The van der Waals surface area contributed by atoms with Gasteiger partial charge in [0.2, 0.25) is 0 Å². The molecule has 0 aromatic carbocycles. The minimum Gasteiger partial charge on any atom is 1.00 e. The summed E-state index contributed by atoms with van der Waals surface area (Å²) in [7, 11) is 17.8. The zero-order valence-electron chi connectivity index (χ0n) is 18.1. The summed E-state index contributed by atoms with van der Waals surface area (Å²) in [4.78, 5) is 3.61. The number of rotatable bonds is 6. The average Bonchev–Trinajstić information content (AvgIpc) is 2.25. The molecule has 156 valence electrons. The summed E-state index contributed by atoms with van der Waals surface area (Å²) in [6.07, 6.45) is 0. The summed E-state index contributed by atoms with van der Waals surface area (Å²) < 4.78 is 0. The predicted octanol–water partition coefficient (Wildman–Crippen LogP) is 0.401. The second kappa shape index (κ2) is 22.3. The van der Waals surface area contributed by atoms with Gasteiger partial charge in [-0.1, -0.05) is 48.1 Å². The minimum atomic E-state index is 0. The van der Waals surface area contributed by atoms with Crippen LogP contribution >= 0.6 is 20.4 Å². The van der Waals surface area contributed by atoms with E-state index in [9.17, 15) is 0 Å². The van der Waals surface area contributed by atoms with Crippen LogP contribution in [0.2, 0.25) is 0 Å². The largest absolute Gasteiger partial charge is 2.00 e. The molecule has 0 spiro atoms. The monoisotopic (exact) mass is 480 g/mol. The molecule has 1 N–H and O–H groups in total.